The average molecular weight is 354 g/mol. The van der Waals surface area contributed by atoms with Crippen molar-refractivity contribution in [2.24, 2.45) is 5.92 Å². The van der Waals surface area contributed by atoms with Crippen molar-refractivity contribution in [3.8, 4) is 0 Å². The first-order valence-corrected chi connectivity index (χ1v) is 8.37. The predicted octanol–water partition coefficient (Wildman–Crippen LogP) is 2.81. The smallest absolute Gasteiger partial charge is 0.211 e. The van der Waals surface area contributed by atoms with Crippen LogP contribution in [0.25, 0.3) is 0 Å². The normalized spacial score (nSPS) is 23.7. The highest BCUT2D eigenvalue weighted by atomic mass is 79.9. The van der Waals surface area contributed by atoms with Crippen molar-refractivity contribution in [1.29, 1.82) is 0 Å². The molecule has 1 fully saturated rings. The minimum absolute atomic E-state index is 0.252. The number of hydrogen-bond acceptors (Lipinski definition) is 2. The largest absolute Gasteiger partial charge is 0.243 e. The maximum atomic E-state index is 13.4. The Hall–Kier alpha value is -0.530. The van der Waals surface area contributed by atoms with E-state index in [2.05, 4.69) is 20.7 Å². The van der Waals surface area contributed by atoms with Gasteiger partial charge in [0.05, 0.1) is 0 Å². The second kappa shape index (κ2) is 5.85. The Morgan fingerprint density at radius 1 is 1.32 bits per heavy atom. The van der Waals surface area contributed by atoms with Crippen molar-refractivity contribution in [3.63, 3.8) is 0 Å². The molecule has 0 radical (unpaired) electrons. The van der Waals surface area contributed by atoms with E-state index in [0.29, 0.717) is 10.9 Å². The quantitative estimate of drug-likeness (QED) is 0.846. The number of alkyl halides is 1. The molecular formula is C12H14BrF2NO2S. The van der Waals surface area contributed by atoms with Crippen molar-refractivity contribution in [2.75, 3.05) is 6.54 Å². The Morgan fingerprint density at radius 2 is 2.05 bits per heavy atom. The van der Waals surface area contributed by atoms with Crippen LogP contribution in [0.4, 0.5) is 8.78 Å². The van der Waals surface area contributed by atoms with Crippen LogP contribution in [-0.4, -0.2) is 19.8 Å². The van der Waals surface area contributed by atoms with Gasteiger partial charge in [-0.3, -0.25) is 0 Å². The molecule has 0 bridgehead atoms. The first-order valence-electron chi connectivity index (χ1n) is 5.97. The first kappa shape index (κ1) is 14.9. The van der Waals surface area contributed by atoms with Crippen molar-refractivity contribution >= 4 is 26.0 Å². The Bertz CT molecular complexity index is 565. The second-order valence-electron chi connectivity index (χ2n) is 4.70. The van der Waals surface area contributed by atoms with Gasteiger partial charge in [0.2, 0.25) is 10.0 Å². The summed E-state index contributed by atoms with van der Waals surface area (Å²) in [7, 11) is -3.92. The van der Waals surface area contributed by atoms with Crippen molar-refractivity contribution < 1.29 is 17.2 Å². The molecule has 0 saturated heterocycles. The van der Waals surface area contributed by atoms with Crippen LogP contribution in [0.5, 0.6) is 0 Å². The lowest BCUT2D eigenvalue weighted by Gasteiger charge is -2.12. The lowest BCUT2D eigenvalue weighted by Crippen LogP contribution is -2.29. The van der Waals surface area contributed by atoms with Gasteiger partial charge in [0.25, 0.3) is 0 Å². The molecule has 0 aliphatic heterocycles. The van der Waals surface area contributed by atoms with Gasteiger partial charge in [-0.15, -0.1) is 0 Å². The molecule has 1 aromatic rings. The molecule has 0 aromatic heterocycles. The summed E-state index contributed by atoms with van der Waals surface area (Å²) in [6, 6.07) is 2.44. The van der Waals surface area contributed by atoms with Crippen molar-refractivity contribution in [3.05, 3.63) is 29.8 Å². The minimum atomic E-state index is -3.92. The molecule has 7 heteroatoms. The number of hydrogen-bond donors (Lipinski definition) is 1. The van der Waals surface area contributed by atoms with Crippen LogP contribution in [0.2, 0.25) is 0 Å². The van der Waals surface area contributed by atoms with Gasteiger partial charge < -0.3 is 0 Å². The van der Waals surface area contributed by atoms with Gasteiger partial charge in [-0.2, -0.15) is 0 Å². The van der Waals surface area contributed by atoms with Gasteiger partial charge in [-0.1, -0.05) is 15.9 Å². The zero-order valence-corrected chi connectivity index (χ0v) is 12.5. The van der Waals surface area contributed by atoms with E-state index in [9.17, 15) is 17.2 Å². The fourth-order valence-electron chi connectivity index (χ4n) is 2.20. The van der Waals surface area contributed by atoms with Crippen LogP contribution in [-0.2, 0) is 10.0 Å². The van der Waals surface area contributed by atoms with Crippen LogP contribution < -0.4 is 4.72 Å². The highest BCUT2D eigenvalue weighted by molar-refractivity contribution is 9.09. The molecule has 1 N–H and O–H groups in total. The molecule has 2 unspecified atom stereocenters. The van der Waals surface area contributed by atoms with Crippen molar-refractivity contribution in [1.82, 2.24) is 4.72 Å². The third-order valence-corrected chi connectivity index (χ3v) is 5.51. The van der Waals surface area contributed by atoms with Gasteiger partial charge in [-0.25, -0.2) is 21.9 Å². The molecular weight excluding hydrogens is 340 g/mol. The van der Waals surface area contributed by atoms with Crippen LogP contribution >= 0.6 is 15.9 Å². The lowest BCUT2D eigenvalue weighted by atomic mass is 10.1. The summed E-state index contributed by atoms with van der Waals surface area (Å²) in [5, 5.41) is 0. The maximum Gasteiger partial charge on any atom is 0.243 e. The van der Waals surface area contributed by atoms with E-state index in [0.717, 1.165) is 31.4 Å². The van der Waals surface area contributed by atoms with Crippen molar-refractivity contribution in [2.45, 2.75) is 29.0 Å². The summed E-state index contributed by atoms with van der Waals surface area (Å²) in [4.78, 5) is -0.0909. The van der Waals surface area contributed by atoms with Gasteiger partial charge in [0, 0.05) is 17.4 Å². The molecule has 2 rings (SSSR count). The zero-order valence-electron chi connectivity index (χ0n) is 10.1. The number of halogens is 3. The van der Waals surface area contributed by atoms with Crippen LogP contribution in [0.15, 0.2) is 23.1 Å². The minimum Gasteiger partial charge on any atom is -0.211 e. The van der Waals surface area contributed by atoms with E-state index in [1.54, 1.807) is 0 Å². The highest BCUT2D eigenvalue weighted by Crippen LogP contribution is 2.30. The molecule has 3 nitrogen and oxygen atoms in total. The van der Waals surface area contributed by atoms with E-state index in [-0.39, 0.29) is 12.5 Å². The van der Waals surface area contributed by atoms with E-state index >= 15 is 0 Å². The number of sulfonamides is 1. The molecule has 0 amide bonds. The van der Waals surface area contributed by atoms with E-state index in [4.69, 9.17) is 0 Å². The van der Waals surface area contributed by atoms with Gasteiger partial charge in [0.15, 0.2) is 0 Å². The van der Waals surface area contributed by atoms with E-state index < -0.39 is 26.6 Å². The topological polar surface area (TPSA) is 46.2 Å². The molecule has 1 saturated carbocycles. The average Bonchev–Trinajstić information content (AvgIpc) is 2.72. The van der Waals surface area contributed by atoms with Crippen LogP contribution in [0.1, 0.15) is 19.3 Å². The molecule has 1 aromatic carbocycles. The van der Waals surface area contributed by atoms with Crippen LogP contribution in [0, 0.1) is 17.6 Å². The van der Waals surface area contributed by atoms with E-state index in [1.165, 1.54) is 0 Å². The van der Waals surface area contributed by atoms with Gasteiger partial charge >= 0.3 is 0 Å². The number of benzene rings is 1. The molecule has 19 heavy (non-hydrogen) atoms. The summed E-state index contributed by atoms with van der Waals surface area (Å²) >= 11 is 3.48. The predicted molar refractivity (Wildman–Crippen MR) is 71.6 cm³/mol. The Balaban J connectivity index is 2.06. The summed E-state index contributed by atoms with van der Waals surface area (Å²) in [5.41, 5.74) is 0. The Labute approximate surface area is 119 Å². The van der Waals surface area contributed by atoms with Gasteiger partial charge in [0.1, 0.15) is 16.5 Å². The Kier molecular flexibility index (Phi) is 4.58. The van der Waals surface area contributed by atoms with Crippen LogP contribution in [0.3, 0.4) is 0 Å². The third-order valence-electron chi connectivity index (χ3n) is 3.22. The molecule has 1 aliphatic carbocycles. The molecule has 1 aliphatic rings. The summed E-state index contributed by atoms with van der Waals surface area (Å²) in [5.74, 6) is -1.62. The fourth-order valence-corrected chi connectivity index (χ4v) is 4.16. The number of rotatable bonds is 4. The van der Waals surface area contributed by atoms with Gasteiger partial charge in [-0.05, 0) is 37.3 Å². The maximum absolute atomic E-state index is 13.4. The standard InChI is InChI=1S/C12H14BrF2NO2S/c13-9-2-1-8(5-9)7-16-19(17,18)12-4-3-10(14)6-11(12)15/h3-4,6,8-9,16H,1-2,5,7H2. The SMILES string of the molecule is O=S(=O)(NCC1CCC(Br)C1)c1ccc(F)cc1F. The van der Waals surface area contributed by atoms with E-state index in [1.807, 2.05) is 0 Å². The lowest BCUT2D eigenvalue weighted by molar-refractivity contribution is 0.512. The summed E-state index contributed by atoms with van der Waals surface area (Å²) in [6.07, 6.45) is 2.84. The zero-order chi connectivity index (χ0) is 14.0. The molecule has 106 valence electrons. The molecule has 0 heterocycles. The second-order valence-corrected chi connectivity index (χ2v) is 7.73. The Morgan fingerprint density at radius 3 is 2.63 bits per heavy atom. The molecule has 2 atom stereocenters. The molecule has 0 spiro atoms. The third kappa shape index (κ3) is 3.73. The summed E-state index contributed by atoms with van der Waals surface area (Å²) < 4.78 is 52.4. The fraction of sp³-hybridized carbons (Fsp3) is 0.500. The first-order chi connectivity index (χ1) is 8.88. The highest BCUT2D eigenvalue weighted by Gasteiger charge is 2.25. The number of nitrogens with one attached hydrogen (secondary N) is 1. The monoisotopic (exact) mass is 353 g/mol. The summed E-state index contributed by atoms with van der Waals surface area (Å²) in [6.45, 7) is 0.279.